The summed E-state index contributed by atoms with van der Waals surface area (Å²) in [6.07, 6.45) is 1.22. The van der Waals surface area contributed by atoms with Gasteiger partial charge in [0.1, 0.15) is 18.0 Å². The third kappa shape index (κ3) is 3.11. The van der Waals surface area contributed by atoms with Gasteiger partial charge in [0.15, 0.2) is 0 Å². The first-order valence-corrected chi connectivity index (χ1v) is 8.22. The zero-order valence-electron chi connectivity index (χ0n) is 12.0. The molecule has 3 rings (SSSR count). The fraction of sp³-hybridized carbons (Fsp3) is 0.0667. The predicted octanol–water partition coefficient (Wildman–Crippen LogP) is 4.49. The quantitative estimate of drug-likeness (QED) is 0.279. The number of benzene rings is 2. The van der Waals surface area contributed by atoms with Crippen LogP contribution in [0.25, 0.3) is 10.9 Å². The Morgan fingerprint density at radius 1 is 1.17 bits per heavy atom. The maximum Gasteiger partial charge on any atom is 0.305 e. The second-order valence-corrected chi connectivity index (χ2v) is 5.63. The monoisotopic (exact) mass is 442 g/mol. The van der Waals surface area contributed by atoms with E-state index >= 15 is 0 Å². The first kappa shape index (κ1) is 16.4. The zero-order valence-corrected chi connectivity index (χ0v) is 14.1. The molecule has 2 aromatic carbocycles. The molecule has 1 aromatic heterocycles. The van der Waals surface area contributed by atoms with Crippen LogP contribution in [-0.4, -0.2) is 14.9 Å². The lowest BCUT2D eigenvalue weighted by Crippen LogP contribution is -1.99. The number of rotatable bonds is 4. The van der Waals surface area contributed by atoms with E-state index < -0.39 is 16.4 Å². The molecule has 24 heavy (non-hydrogen) atoms. The molecule has 3 aromatic rings. The van der Waals surface area contributed by atoms with Gasteiger partial charge in [-0.15, -0.1) is 0 Å². The summed E-state index contributed by atoms with van der Waals surface area (Å²) < 4.78 is 27.8. The molecule has 6 nitrogen and oxygen atoms in total. The van der Waals surface area contributed by atoms with Crippen LogP contribution in [0.5, 0.6) is 0 Å². The van der Waals surface area contributed by atoms with Gasteiger partial charge < -0.3 is 5.32 Å². The highest BCUT2D eigenvalue weighted by Gasteiger charge is 2.18. The number of nitrogens with one attached hydrogen (secondary N) is 1. The minimum Gasteiger partial charge on any atom is -0.340 e. The third-order valence-corrected chi connectivity index (χ3v) is 4.17. The van der Waals surface area contributed by atoms with Crippen molar-refractivity contribution in [1.29, 1.82) is 0 Å². The maximum atomic E-state index is 13.7. The minimum atomic E-state index is -0.967. The normalized spacial score (nSPS) is 10.8. The fourth-order valence-corrected chi connectivity index (χ4v) is 2.78. The molecule has 0 aliphatic carbocycles. The zero-order chi connectivity index (χ0) is 17.3. The van der Waals surface area contributed by atoms with E-state index in [4.69, 9.17) is 0 Å². The van der Waals surface area contributed by atoms with E-state index in [0.717, 1.165) is 12.1 Å². The van der Waals surface area contributed by atoms with Crippen LogP contribution in [0.1, 0.15) is 5.56 Å². The molecule has 0 aliphatic heterocycles. The van der Waals surface area contributed by atoms with Crippen molar-refractivity contribution in [3.05, 3.63) is 64.0 Å². The summed E-state index contributed by atoms with van der Waals surface area (Å²) in [5, 5.41) is 14.2. The SMILES string of the molecule is O=[N+]([O-])c1cc2c(Nc3ccc(F)c(CI)c3)ncnc2cc1F. The molecule has 0 radical (unpaired) electrons. The van der Waals surface area contributed by atoms with E-state index in [1.54, 1.807) is 6.07 Å². The Morgan fingerprint density at radius 2 is 1.96 bits per heavy atom. The molecule has 0 saturated heterocycles. The minimum absolute atomic E-state index is 0.229. The van der Waals surface area contributed by atoms with Crippen LogP contribution in [0.3, 0.4) is 0 Å². The average Bonchev–Trinajstić information content (AvgIpc) is 2.56. The second-order valence-electron chi connectivity index (χ2n) is 4.86. The van der Waals surface area contributed by atoms with Crippen LogP contribution in [0.15, 0.2) is 36.7 Å². The molecule has 1 N–H and O–H groups in total. The molecule has 0 bridgehead atoms. The van der Waals surface area contributed by atoms with E-state index in [-0.39, 0.29) is 17.2 Å². The van der Waals surface area contributed by atoms with E-state index in [2.05, 4.69) is 15.3 Å². The molecule has 0 spiro atoms. The highest BCUT2D eigenvalue weighted by Crippen LogP contribution is 2.29. The van der Waals surface area contributed by atoms with Gasteiger partial charge in [-0.25, -0.2) is 14.4 Å². The van der Waals surface area contributed by atoms with Crippen molar-refractivity contribution in [2.75, 3.05) is 5.32 Å². The highest BCUT2D eigenvalue weighted by molar-refractivity contribution is 14.1. The van der Waals surface area contributed by atoms with Crippen LogP contribution >= 0.6 is 22.6 Å². The van der Waals surface area contributed by atoms with Gasteiger partial charge in [-0.1, -0.05) is 22.6 Å². The van der Waals surface area contributed by atoms with Crippen molar-refractivity contribution >= 4 is 50.7 Å². The van der Waals surface area contributed by atoms with Gasteiger partial charge in [-0.05, 0) is 23.8 Å². The van der Waals surface area contributed by atoms with Gasteiger partial charge in [0.2, 0.25) is 5.82 Å². The Labute approximate surface area is 148 Å². The van der Waals surface area contributed by atoms with Gasteiger partial charge in [0, 0.05) is 22.2 Å². The molecule has 0 amide bonds. The molecule has 9 heteroatoms. The Balaban J connectivity index is 2.09. The van der Waals surface area contributed by atoms with E-state index in [0.29, 0.717) is 21.1 Å². The van der Waals surface area contributed by atoms with Crippen molar-refractivity contribution in [3.63, 3.8) is 0 Å². The van der Waals surface area contributed by atoms with Gasteiger partial charge in [-0.2, -0.15) is 4.39 Å². The largest absolute Gasteiger partial charge is 0.340 e. The van der Waals surface area contributed by atoms with Gasteiger partial charge in [0.25, 0.3) is 0 Å². The smallest absolute Gasteiger partial charge is 0.305 e. The number of nitro groups is 1. The molecule has 0 atom stereocenters. The third-order valence-electron chi connectivity index (χ3n) is 3.35. The van der Waals surface area contributed by atoms with Crippen LogP contribution in [0.2, 0.25) is 0 Å². The first-order chi connectivity index (χ1) is 11.5. The number of halogens is 3. The number of fused-ring (bicyclic) bond motifs is 1. The molecule has 0 aliphatic rings. The lowest BCUT2D eigenvalue weighted by molar-refractivity contribution is -0.387. The van der Waals surface area contributed by atoms with Crippen LogP contribution in [0.4, 0.5) is 26.0 Å². The van der Waals surface area contributed by atoms with Crippen molar-refractivity contribution in [3.8, 4) is 0 Å². The summed E-state index contributed by atoms with van der Waals surface area (Å²) in [6, 6.07) is 6.53. The van der Waals surface area contributed by atoms with Gasteiger partial charge >= 0.3 is 5.69 Å². The van der Waals surface area contributed by atoms with Crippen molar-refractivity contribution in [2.45, 2.75) is 4.43 Å². The number of hydrogen-bond donors (Lipinski definition) is 1. The number of nitrogens with zero attached hydrogens (tertiary/aromatic N) is 3. The Hall–Kier alpha value is -2.43. The molecule has 0 fully saturated rings. The van der Waals surface area contributed by atoms with Crippen LogP contribution in [0, 0.1) is 21.7 Å². The summed E-state index contributed by atoms with van der Waals surface area (Å²) in [4.78, 5) is 18.1. The second kappa shape index (κ2) is 6.59. The highest BCUT2D eigenvalue weighted by atomic mass is 127. The molecule has 1 heterocycles. The number of nitro benzene ring substituents is 1. The van der Waals surface area contributed by atoms with Crippen LogP contribution in [-0.2, 0) is 4.43 Å². The lowest BCUT2D eigenvalue weighted by atomic mass is 10.2. The number of hydrogen-bond acceptors (Lipinski definition) is 5. The average molecular weight is 442 g/mol. The summed E-state index contributed by atoms with van der Waals surface area (Å²) in [7, 11) is 0. The van der Waals surface area contributed by atoms with Crippen molar-refractivity contribution in [2.24, 2.45) is 0 Å². The standard InChI is InChI=1S/C15H9F2IN4O2/c16-11-2-1-9(3-8(11)6-18)21-15-10-4-14(22(23)24)12(17)5-13(10)19-7-20-15/h1-5,7H,6H2,(H,19,20,21). The van der Waals surface area contributed by atoms with E-state index in [1.807, 2.05) is 22.6 Å². The van der Waals surface area contributed by atoms with E-state index in [1.165, 1.54) is 18.5 Å². The maximum absolute atomic E-state index is 13.7. The first-order valence-electron chi connectivity index (χ1n) is 6.69. The fourth-order valence-electron chi connectivity index (χ4n) is 2.20. The number of alkyl halides is 1. The Kier molecular flexibility index (Phi) is 4.51. The predicted molar refractivity (Wildman–Crippen MR) is 93.6 cm³/mol. The lowest BCUT2D eigenvalue weighted by Gasteiger charge is -2.10. The number of anilines is 2. The topological polar surface area (TPSA) is 81.0 Å². The Bertz CT molecular complexity index is 952. The molecule has 0 saturated carbocycles. The van der Waals surface area contributed by atoms with Crippen LogP contribution < -0.4 is 5.32 Å². The summed E-state index contributed by atoms with van der Waals surface area (Å²) in [5.41, 5.74) is 0.644. The summed E-state index contributed by atoms with van der Waals surface area (Å²) >= 11 is 2.05. The van der Waals surface area contributed by atoms with Gasteiger partial charge in [0.05, 0.1) is 15.8 Å². The number of aromatic nitrogens is 2. The van der Waals surface area contributed by atoms with Crippen molar-refractivity contribution < 1.29 is 13.7 Å². The summed E-state index contributed by atoms with van der Waals surface area (Å²) in [6.45, 7) is 0. The Morgan fingerprint density at radius 3 is 2.67 bits per heavy atom. The molecule has 122 valence electrons. The summed E-state index contributed by atoms with van der Waals surface area (Å²) in [5.74, 6) is -1.01. The van der Waals surface area contributed by atoms with E-state index in [9.17, 15) is 18.9 Å². The molecular weight excluding hydrogens is 433 g/mol. The van der Waals surface area contributed by atoms with Crippen molar-refractivity contribution in [1.82, 2.24) is 9.97 Å². The van der Waals surface area contributed by atoms with Gasteiger partial charge in [-0.3, -0.25) is 10.1 Å². The molecular formula is C15H9F2IN4O2. The molecule has 0 unspecified atom stereocenters.